The number of likely N-dealkylation sites (N-methyl/N-ethyl adjacent to an activating group) is 1. The number of hydrogen-bond donors (Lipinski definition) is 1. The third kappa shape index (κ3) is 5.02. The van der Waals surface area contributed by atoms with Crippen LogP contribution in [0, 0.1) is 5.92 Å². The highest BCUT2D eigenvalue weighted by molar-refractivity contribution is 4.93. The molecule has 0 aliphatic carbocycles. The second kappa shape index (κ2) is 7.34. The quantitative estimate of drug-likeness (QED) is 0.786. The summed E-state index contributed by atoms with van der Waals surface area (Å²) in [7, 11) is 4.16. The van der Waals surface area contributed by atoms with Crippen LogP contribution in [0.5, 0.6) is 0 Å². The first-order valence-corrected chi connectivity index (χ1v) is 6.54. The summed E-state index contributed by atoms with van der Waals surface area (Å²) in [6.07, 6.45) is 1.83. The van der Waals surface area contributed by atoms with Crippen molar-refractivity contribution >= 4 is 0 Å². The Morgan fingerprint density at radius 3 is 2.61 bits per heavy atom. The maximum atomic E-state index is 11.5. The van der Waals surface area contributed by atoms with E-state index in [1.54, 1.807) is 16.7 Å². The summed E-state index contributed by atoms with van der Waals surface area (Å²) in [5.41, 5.74) is 0.0630. The largest absolute Gasteiger partial charge is 0.314 e. The van der Waals surface area contributed by atoms with E-state index in [1.165, 1.54) is 0 Å². The second-order valence-corrected chi connectivity index (χ2v) is 5.30. The van der Waals surface area contributed by atoms with E-state index in [4.69, 9.17) is 0 Å². The fourth-order valence-corrected chi connectivity index (χ4v) is 1.92. The van der Waals surface area contributed by atoms with Gasteiger partial charge in [-0.1, -0.05) is 19.9 Å². The van der Waals surface area contributed by atoms with Crippen molar-refractivity contribution in [2.24, 2.45) is 5.92 Å². The van der Waals surface area contributed by atoms with Crippen molar-refractivity contribution in [3.8, 4) is 0 Å². The lowest BCUT2D eigenvalue weighted by Crippen LogP contribution is -2.43. The lowest BCUT2D eigenvalue weighted by molar-refractivity contribution is 0.287. The van der Waals surface area contributed by atoms with Gasteiger partial charge >= 0.3 is 0 Å². The molecule has 1 aromatic heterocycles. The van der Waals surface area contributed by atoms with E-state index in [-0.39, 0.29) is 5.56 Å². The molecule has 0 bridgehead atoms. The van der Waals surface area contributed by atoms with Gasteiger partial charge in [0.05, 0.1) is 0 Å². The van der Waals surface area contributed by atoms with Crippen molar-refractivity contribution in [1.82, 2.24) is 14.8 Å². The first-order valence-electron chi connectivity index (χ1n) is 6.54. The molecule has 102 valence electrons. The van der Waals surface area contributed by atoms with Gasteiger partial charge < -0.3 is 14.8 Å². The van der Waals surface area contributed by atoms with Crippen molar-refractivity contribution in [3.05, 3.63) is 34.7 Å². The van der Waals surface area contributed by atoms with Crippen LogP contribution in [0.4, 0.5) is 0 Å². The molecule has 1 atom stereocenters. The average Bonchev–Trinajstić information content (AvgIpc) is 2.29. The van der Waals surface area contributed by atoms with Crippen molar-refractivity contribution in [3.63, 3.8) is 0 Å². The molecule has 0 aliphatic rings. The molecule has 0 aromatic carbocycles. The van der Waals surface area contributed by atoms with Crippen LogP contribution in [-0.4, -0.2) is 42.7 Å². The van der Waals surface area contributed by atoms with E-state index < -0.39 is 0 Å². The van der Waals surface area contributed by atoms with Crippen LogP contribution in [0.25, 0.3) is 0 Å². The first kappa shape index (κ1) is 14.9. The minimum atomic E-state index is 0.0630. The van der Waals surface area contributed by atoms with Gasteiger partial charge in [0.2, 0.25) is 0 Å². The highest BCUT2D eigenvalue weighted by atomic mass is 16.1. The van der Waals surface area contributed by atoms with Crippen LogP contribution in [0.3, 0.4) is 0 Å². The molecule has 18 heavy (non-hydrogen) atoms. The van der Waals surface area contributed by atoms with Crippen LogP contribution in [0.15, 0.2) is 29.2 Å². The molecule has 4 nitrogen and oxygen atoms in total. The van der Waals surface area contributed by atoms with Gasteiger partial charge in [-0.3, -0.25) is 4.79 Å². The van der Waals surface area contributed by atoms with Gasteiger partial charge in [0.25, 0.3) is 5.56 Å². The zero-order valence-electron chi connectivity index (χ0n) is 11.9. The number of pyridine rings is 1. The van der Waals surface area contributed by atoms with Gasteiger partial charge in [0.1, 0.15) is 0 Å². The minimum absolute atomic E-state index is 0.0630. The summed E-state index contributed by atoms with van der Waals surface area (Å²) in [5.74, 6) is 0.583. The Morgan fingerprint density at radius 1 is 1.33 bits per heavy atom. The van der Waals surface area contributed by atoms with Gasteiger partial charge in [-0.15, -0.1) is 0 Å². The molecule has 0 saturated carbocycles. The van der Waals surface area contributed by atoms with E-state index in [2.05, 4.69) is 38.2 Å². The molecule has 4 heteroatoms. The highest BCUT2D eigenvalue weighted by Crippen LogP contribution is 2.02. The van der Waals surface area contributed by atoms with Gasteiger partial charge in [0, 0.05) is 37.9 Å². The Labute approximate surface area is 110 Å². The zero-order chi connectivity index (χ0) is 13.5. The SMILES string of the molecule is CC(C)C(CN(C)C)NCCn1ccccc1=O. The molecule has 0 aliphatic heterocycles. The number of nitrogens with zero attached hydrogens (tertiary/aromatic N) is 2. The van der Waals surface area contributed by atoms with E-state index in [0.29, 0.717) is 12.0 Å². The maximum Gasteiger partial charge on any atom is 0.250 e. The van der Waals surface area contributed by atoms with E-state index in [0.717, 1.165) is 19.6 Å². The van der Waals surface area contributed by atoms with E-state index in [1.807, 2.05) is 12.3 Å². The molecule has 0 radical (unpaired) electrons. The molecule has 1 aromatic rings. The highest BCUT2D eigenvalue weighted by Gasteiger charge is 2.13. The van der Waals surface area contributed by atoms with E-state index >= 15 is 0 Å². The number of aromatic nitrogens is 1. The van der Waals surface area contributed by atoms with Crippen molar-refractivity contribution in [2.75, 3.05) is 27.2 Å². The van der Waals surface area contributed by atoms with Gasteiger partial charge in [0.15, 0.2) is 0 Å². The van der Waals surface area contributed by atoms with Crippen molar-refractivity contribution in [1.29, 1.82) is 0 Å². The van der Waals surface area contributed by atoms with E-state index in [9.17, 15) is 4.79 Å². The molecule has 1 heterocycles. The fraction of sp³-hybridized carbons (Fsp3) is 0.643. The molecule has 1 unspecified atom stereocenters. The van der Waals surface area contributed by atoms with Crippen LogP contribution in [-0.2, 0) is 6.54 Å². The Bertz CT molecular complexity index is 398. The Morgan fingerprint density at radius 2 is 2.06 bits per heavy atom. The Kier molecular flexibility index (Phi) is 6.09. The number of nitrogens with one attached hydrogen (secondary N) is 1. The third-order valence-electron chi connectivity index (χ3n) is 3.02. The van der Waals surface area contributed by atoms with Crippen LogP contribution >= 0.6 is 0 Å². The predicted molar refractivity (Wildman–Crippen MR) is 75.9 cm³/mol. The first-order chi connectivity index (χ1) is 8.50. The van der Waals surface area contributed by atoms with Crippen molar-refractivity contribution < 1.29 is 0 Å². The minimum Gasteiger partial charge on any atom is -0.314 e. The summed E-state index contributed by atoms with van der Waals surface area (Å²) in [4.78, 5) is 13.7. The maximum absolute atomic E-state index is 11.5. The molecule has 0 saturated heterocycles. The normalized spacial score (nSPS) is 13.2. The van der Waals surface area contributed by atoms with Crippen LogP contribution in [0.1, 0.15) is 13.8 Å². The molecule has 1 N–H and O–H groups in total. The van der Waals surface area contributed by atoms with Gasteiger partial charge in [-0.25, -0.2) is 0 Å². The molecular formula is C14H25N3O. The standard InChI is InChI=1S/C14H25N3O/c1-12(2)13(11-16(3)4)15-8-10-17-9-6-5-7-14(17)18/h5-7,9,12-13,15H,8,10-11H2,1-4H3. The van der Waals surface area contributed by atoms with Crippen LogP contribution in [0.2, 0.25) is 0 Å². The second-order valence-electron chi connectivity index (χ2n) is 5.30. The molecule has 0 fully saturated rings. The summed E-state index contributed by atoms with van der Waals surface area (Å²) >= 11 is 0. The summed E-state index contributed by atoms with van der Waals surface area (Å²) in [5, 5.41) is 3.52. The monoisotopic (exact) mass is 251 g/mol. The van der Waals surface area contributed by atoms with Gasteiger partial charge in [-0.05, 0) is 26.1 Å². The topological polar surface area (TPSA) is 37.3 Å². The number of hydrogen-bond acceptors (Lipinski definition) is 3. The van der Waals surface area contributed by atoms with Gasteiger partial charge in [-0.2, -0.15) is 0 Å². The smallest absolute Gasteiger partial charge is 0.250 e. The van der Waals surface area contributed by atoms with Crippen molar-refractivity contribution in [2.45, 2.75) is 26.4 Å². The zero-order valence-corrected chi connectivity index (χ0v) is 11.9. The molecular weight excluding hydrogens is 226 g/mol. The summed E-state index contributed by atoms with van der Waals surface area (Å²) < 4.78 is 1.74. The molecule has 0 amide bonds. The summed E-state index contributed by atoms with van der Waals surface area (Å²) in [6, 6.07) is 5.72. The molecule has 0 spiro atoms. The summed E-state index contributed by atoms with van der Waals surface area (Å²) in [6.45, 7) is 6.99. The predicted octanol–water partition coefficient (Wildman–Crippen LogP) is 1.02. The average molecular weight is 251 g/mol. The third-order valence-corrected chi connectivity index (χ3v) is 3.02. The lowest BCUT2D eigenvalue weighted by Gasteiger charge is -2.25. The molecule has 1 rings (SSSR count). The Balaban J connectivity index is 2.44. The number of rotatable bonds is 7. The van der Waals surface area contributed by atoms with Crippen LogP contribution < -0.4 is 10.9 Å². The Hall–Kier alpha value is -1.13. The lowest BCUT2D eigenvalue weighted by atomic mass is 10.0. The fourth-order valence-electron chi connectivity index (χ4n) is 1.92.